The summed E-state index contributed by atoms with van der Waals surface area (Å²) in [4.78, 5) is 12.1. The molecule has 1 aromatic carbocycles. The van der Waals surface area contributed by atoms with Gasteiger partial charge in [0, 0.05) is 0 Å². The Morgan fingerprint density at radius 2 is 2.11 bits per heavy atom. The maximum atomic E-state index is 11.6. The van der Waals surface area contributed by atoms with E-state index in [0.29, 0.717) is 31.3 Å². The fraction of sp³-hybridized carbons (Fsp3) is 0.167. The number of ether oxygens (including phenoxy) is 2. The lowest BCUT2D eigenvalue weighted by Gasteiger charge is -2.11. The van der Waals surface area contributed by atoms with Crippen molar-refractivity contribution < 1.29 is 14.3 Å². The van der Waals surface area contributed by atoms with Crippen LogP contribution >= 0.6 is 35.6 Å². The first kappa shape index (κ1) is 14.2. The molecule has 1 aliphatic heterocycles. The van der Waals surface area contributed by atoms with Crippen molar-refractivity contribution in [2.24, 2.45) is 0 Å². The smallest absolute Gasteiger partial charge is 0.263 e. The molecule has 1 aromatic rings. The molecule has 1 amide bonds. The van der Waals surface area contributed by atoms with E-state index in [0.717, 1.165) is 0 Å². The van der Waals surface area contributed by atoms with Crippen molar-refractivity contribution in [3.05, 3.63) is 27.6 Å². The summed E-state index contributed by atoms with van der Waals surface area (Å²) in [5, 5.41) is 2.94. The number of rotatable bonds is 3. The minimum absolute atomic E-state index is 0.221. The van der Waals surface area contributed by atoms with Crippen LogP contribution in [0.5, 0.6) is 11.5 Å². The SMILES string of the molecule is COc1ccc(/C=C2\SC(=S)NC2=O)c(Cl)c1OC. The van der Waals surface area contributed by atoms with E-state index in [9.17, 15) is 4.79 Å². The molecule has 0 bridgehead atoms. The molecular weight excluding hydrogens is 306 g/mol. The molecule has 0 unspecified atom stereocenters. The van der Waals surface area contributed by atoms with E-state index >= 15 is 0 Å². The normalized spacial score (nSPS) is 16.7. The lowest BCUT2D eigenvalue weighted by Crippen LogP contribution is -2.17. The van der Waals surface area contributed by atoms with Crippen LogP contribution in [-0.2, 0) is 4.79 Å². The van der Waals surface area contributed by atoms with Crippen LogP contribution in [0.25, 0.3) is 6.08 Å². The van der Waals surface area contributed by atoms with Crippen LogP contribution in [0.15, 0.2) is 17.0 Å². The summed E-state index contributed by atoms with van der Waals surface area (Å²) in [6, 6.07) is 3.48. The quantitative estimate of drug-likeness (QED) is 0.686. The van der Waals surface area contributed by atoms with E-state index < -0.39 is 0 Å². The van der Waals surface area contributed by atoms with Crippen molar-refractivity contribution in [2.45, 2.75) is 0 Å². The predicted octanol–water partition coefficient (Wildman–Crippen LogP) is 2.85. The van der Waals surface area contributed by atoms with Gasteiger partial charge in [0.1, 0.15) is 4.32 Å². The van der Waals surface area contributed by atoms with Crippen molar-refractivity contribution in [1.82, 2.24) is 5.32 Å². The number of nitrogens with one attached hydrogen (secondary N) is 1. The van der Waals surface area contributed by atoms with Gasteiger partial charge in [0.05, 0.1) is 24.1 Å². The molecule has 7 heteroatoms. The number of hydrogen-bond acceptors (Lipinski definition) is 5. The molecule has 1 N–H and O–H groups in total. The summed E-state index contributed by atoms with van der Waals surface area (Å²) in [6.45, 7) is 0. The summed E-state index contributed by atoms with van der Waals surface area (Å²) in [6.07, 6.45) is 1.67. The van der Waals surface area contributed by atoms with E-state index in [1.54, 1.807) is 18.2 Å². The van der Waals surface area contributed by atoms with Gasteiger partial charge in [-0.05, 0) is 23.8 Å². The minimum atomic E-state index is -0.221. The number of thioether (sulfide) groups is 1. The lowest BCUT2D eigenvalue weighted by atomic mass is 10.2. The number of halogens is 1. The minimum Gasteiger partial charge on any atom is -0.493 e. The summed E-state index contributed by atoms with van der Waals surface area (Å²) < 4.78 is 10.8. The molecule has 1 aliphatic rings. The second-order valence-electron chi connectivity index (χ2n) is 3.56. The third-order valence-corrected chi connectivity index (χ3v) is 4.00. The highest BCUT2D eigenvalue weighted by Crippen LogP contribution is 2.39. The number of hydrogen-bond donors (Lipinski definition) is 1. The van der Waals surface area contributed by atoms with Crippen LogP contribution < -0.4 is 14.8 Å². The lowest BCUT2D eigenvalue weighted by molar-refractivity contribution is -0.115. The van der Waals surface area contributed by atoms with Gasteiger partial charge in [0.2, 0.25) is 0 Å². The Hall–Kier alpha value is -1.24. The van der Waals surface area contributed by atoms with Crippen LogP contribution in [0.4, 0.5) is 0 Å². The van der Waals surface area contributed by atoms with Gasteiger partial charge in [-0.25, -0.2) is 0 Å². The Morgan fingerprint density at radius 3 is 2.63 bits per heavy atom. The first-order valence-corrected chi connectivity index (χ1v) is 6.82. The summed E-state index contributed by atoms with van der Waals surface area (Å²) in [5.41, 5.74) is 0.668. The van der Waals surface area contributed by atoms with Crippen molar-refractivity contribution in [1.29, 1.82) is 0 Å². The van der Waals surface area contributed by atoms with E-state index in [1.807, 2.05) is 0 Å². The molecule has 2 rings (SSSR count). The number of carbonyl (C=O) groups excluding carboxylic acids is 1. The second kappa shape index (κ2) is 5.81. The third kappa shape index (κ3) is 2.86. The number of benzene rings is 1. The van der Waals surface area contributed by atoms with Crippen molar-refractivity contribution in [2.75, 3.05) is 14.2 Å². The summed E-state index contributed by atoms with van der Waals surface area (Å²) >= 11 is 12.4. The average molecular weight is 316 g/mol. The van der Waals surface area contributed by atoms with Crippen molar-refractivity contribution in [3.63, 3.8) is 0 Å². The van der Waals surface area contributed by atoms with E-state index in [4.69, 9.17) is 33.3 Å². The first-order valence-electron chi connectivity index (χ1n) is 5.22. The average Bonchev–Trinajstić information content (AvgIpc) is 2.70. The first-order chi connectivity index (χ1) is 9.06. The van der Waals surface area contributed by atoms with Gasteiger partial charge in [-0.15, -0.1) is 0 Å². The van der Waals surface area contributed by atoms with Gasteiger partial charge in [0.25, 0.3) is 5.91 Å². The zero-order valence-electron chi connectivity index (χ0n) is 10.2. The van der Waals surface area contributed by atoms with Gasteiger partial charge in [-0.2, -0.15) is 0 Å². The molecule has 1 saturated heterocycles. The molecule has 1 fully saturated rings. The molecular formula is C12H10ClNO3S2. The van der Waals surface area contributed by atoms with E-state index in [-0.39, 0.29) is 5.91 Å². The number of carbonyl (C=O) groups is 1. The van der Waals surface area contributed by atoms with Gasteiger partial charge < -0.3 is 14.8 Å². The van der Waals surface area contributed by atoms with Crippen molar-refractivity contribution >= 4 is 51.9 Å². The fourth-order valence-corrected chi connectivity index (χ4v) is 2.90. The van der Waals surface area contributed by atoms with Crippen LogP contribution in [0.1, 0.15) is 5.56 Å². The molecule has 0 atom stereocenters. The zero-order valence-corrected chi connectivity index (χ0v) is 12.5. The van der Waals surface area contributed by atoms with E-state index in [2.05, 4.69) is 5.32 Å². The van der Waals surface area contributed by atoms with Gasteiger partial charge in [-0.3, -0.25) is 4.79 Å². The van der Waals surface area contributed by atoms with Crippen molar-refractivity contribution in [3.8, 4) is 11.5 Å². The van der Waals surface area contributed by atoms with Crippen LogP contribution in [0.2, 0.25) is 5.02 Å². The van der Waals surface area contributed by atoms with E-state index in [1.165, 1.54) is 26.0 Å². The van der Waals surface area contributed by atoms with Gasteiger partial charge >= 0.3 is 0 Å². The Balaban J connectivity index is 2.44. The van der Waals surface area contributed by atoms with Crippen LogP contribution in [0, 0.1) is 0 Å². The highest BCUT2D eigenvalue weighted by Gasteiger charge is 2.23. The maximum Gasteiger partial charge on any atom is 0.263 e. The second-order valence-corrected chi connectivity index (χ2v) is 5.65. The van der Waals surface area contributed by atoms with Crippen LogP contribution in [-0.4, -0.2) is 24.4 Å². The van der Waals surface area contributed by atoms with Crippen LogP contribution in [0.3, 0.4) is 0 Å². The Morgan fingerprint density at radius 1 is 1.37 bits per heavy atom. The number of thiocarbonyl (C=S) groups is 1. The van der Waals surface area contributed by atoms with Gasteiger partial charge in [0.15, 0.2) is 11.5 Å². The highest BCUT2D eigenvalue weighted by atomic mass is 35.5. The monoisotopic (exact) mass is 315 g/mol. The standard InChI is InChI=1S/C12H10ClNO3S2/c1-16-7-4-3-6(9(13)10(7)17-2)5-8-11(15)14-12(18)19-8/h3-5H,1-2H3,(H,14,15,18)/b8-5-. The molecule has 0 saturated carbocycles. The molecule has 0 aliphatic carbocycles. The summed E-state index contributed by atoms with van der Waals surface area (Å²) in [7, 11) is 3.04. The highest BCUT2D eigenvalue weighted by molar-refractivity contribution is 8.26. The molecule has 1 heterocycles. The fourth-order valence-electron chi connectivity index (χ4n) is 1.58. The molecule has 0 radical (unpaired) electrons. The summed E-state index contributed by atoms with van der Waals surface area (Å²) in [5.74, 6) is 0.749. The Labute approximate surface area is 125 Å². The van der Waals surface area contributed by atoms with Gasteiger partial charge in [-0.1, -0.05) is 35.6 Å². The zero-order chi connectivity index (χ0) is 14.0. The number of amides is 1. The molecule has 19 heavy (non-hydrogen) atoms. The third-order valence-electron chi connectivity index (χ3n) is 2.44. The molecule has 100 valence electrons. The topological polar surface area (TPSA) is 47.6 Å². The molecule has 4 nitrogen and oxygen atoms in total. The largest absolute Gasteiger partial charge is 0.493 e. The predicted molar refractivity (Wildman–Crippen MR) is 80.9 cm³/mol. The number of methoxy groups -OCH3 is 2. The maximum absolute atomic E-state index is 11.6. The Bertz CT molecular complexity index is 587. The molecule has 0 aromatic heterocycles. The molecule has 0 spiro atoms. The Kier molecular flexibility index (Phi) is 4.34.